The van der Waals surface area contributed by atoms with Crippen LogP contribution in [0.4, 0.5) is 0 Å². The van der Waals surface area contributed by atoms with E-state index in [2.05, 4.69) is 12.6 Å². The van der Waals surface area contributed by atoms with Gasteiger partial charge in [-0.25, -0.2) is 0 Å². The van der Waals surface area contributed by atoms with E-state index in [1.807, 2.05) is 0 Å². The Morgan fingerprint density at radius 1 is 1.71 bits per heavy atom. The maximum atomic E-state index is 9.18. The van der Waals surface area contributed by atoms with E-state index < -0.39 is 5.97 Å². The van der Waals surface area contributed by atoms with Gasteiger partial charge in [0.05, 0.1) is 5.97 Å². The number of carbonyl (C=O) groups is 1. The Labute approximate surface area is 67.8 Å². The number of halogens is 1. The van der Waals surface area contributed by atoms with Gasteiger partial charge in [-0.1, -0.05) is 0 Å². The maximum absolute atomic E-state index is 9.18. The Hall–Kier alpha value is 0.798. The van der Waals surface area contributed by atoms with Crippen molar-refractivity contribution >= 4 is 18.6 Å². The fraction of sp³-hybridized carbons (Fsp3) is 0.500. The SMILES string of the molecule is O=C([O-])CS.[Cl-].[Pt+2]. The van der Waals surface area contributed by atoms with Crippen LogP contribution in [0.15, 0.2) is 0 Å². The van der Waals surface area contributed by atoms with Gasteiger partial charge in [0.1, 0.15) is 0 Å². The first-order chi connectivity index (χ1) is 2.27. The smallest absolute Gasteiger partial charge is 1.00 e. The molecule has 0 aromatic rings. The molecule has 0 heterocycles. The minimum Gasteiger partial charge on any atom is -1.00 e. The van der Waals surface area contributed by atoms with Crippen molar-refractivity contribution in [3.05, 3.63) is 0 Å². The zero-order chi connectivity index (χ0) is 4.28. The fourth-order valence-corrected chi connectivity index (χ4v) is 0. The zero-order valence-electron chi connectivity index (χ0n) is 3.17. The standard InChI is InChI=1S/C2H4O2S.ClH.Pt/c3-2(4)1-5;;/h5H,1H2,(H,3,4);1H;/q;;+2/p-2. The average Bonchev–Trinajstić information content (AvgIpc) is 1.38. The molecule has 0 unspecified atom stereocenters. The van der Waals surface area contributed by atoms with Crippen molar-refractivity contribution in [1.29, 1.82) is 0 Å². The zero-order valence-corrected chi connectivity index (χ0v) is 7.09. The second-order valence-corrected chi connectivity index (χ2v) is 0.846. The van der Waals surface area contributed by atoms with E-state index in [9.17, 15) is 9.90 Å². The molecule has 0 saturated carbocycles. The van der Waals surface area contributed by atoms with E-state index in [0.717, 1.165) is 0 Å². The van der Waals surface area contributed by atoms with Gasteiger partial charge in [0.15, 0.2) is 0 Å². The number of thiol groups is 1. The van der Waals surface area contributed by atoms with Gasteiger partial charge in [0.25, 0.3) is 0 Å². The topological polar surface area (TPSA) is 40.1 Å². The summed E-state index contributed by atoms with van der Waals surface area (Å²) in [6, 6.07) is 0. The Bertz CT molecular complexity index is 51.0. The van der Waals surface area contributed by atoms with E-state index in [4.69, 9.17) is 0 Å². The van der Waals surface area contributed by atoms with Gasteiger partial charge < -0.3 is 22.3 Å². The van der Waals surface area contributed by atoms with Crippen LogP contribution in [0, 0.1) is 0 Å². The monoisotopic (exact) mass is 321 g/mol. The summed E-state index contributed by atoms with van der Waals surface area (Å²) in [5, 5.41) is 9.18. The Balaban J connectivity index is -0.0000000800. The fourth-order valence-electron chi connectivity index (χ4n) is 0. The normalized spacial score (nSPS) is 5.29. The number of carboxylic acid groups (broad SMARTS) is 1. The van der Waals surface area contributed by atoms with Crippen molar-refractivity contribution in [2.24, 2.45) is 0 Å². The van der Waals surface area contributed by atoms with Crippen LogP contribution in [0.5, 0.6) is 0 Å². The molecule has 0 radical (unpaired) electrons. The summed E-state index contributed by atoms with van der Waals surface area (Å²) in [5.74, 6) is -1.33. The first-order valence-corrected chi connectivity index (χ1v) is 1.71. The molecule has 0 bridgehead atoms. The molecule has 0 fully saturated rings. The predicted molar refractivity (Wildman–Crippen MR) is 18.9 cm³/mol. The summed E-state index contributed by atoms with van der Waals surface area (Å²) in [6.07, 6.45) is 0. The molecule has 0 N–H and O–H groups in total. The number of aliphatic carboxylic acids is 1. The van der Waals surface area contributed by atoms with Gasteiger partial charge >= 0.3 is 21.1 Å². The third-order valence-electron chi connectivity index (χ3n) is 0.129. The van der Waals surface area contributed by atoms with Crippen LogP contribution in [0.2, 0.25) is 0 Å². The van der Waals surface area contributed by atoms with Crippen molar-refractivity contribution in [3.8, 4) is 0 Å². The molecule has 0 aliphatic rings. The molecule has 5 heteroatoms. The van der Waals surface area contributed by atoms with E-state index in [1.165, 1.54) is 0 Å². The molecule has 0 aromatic carbocycles. The molecular formula is C2H3ClO2PtS. The molecular weight excluding hydrogens is 319 g/mol. The van der Waals surface area contributed by atoms with Crippen LogP contribution in [0.3, 0.4) is 0 Å². The molecule has 0 aliphatic heterocycles. The van der Waals surface area contributed by atoms with E-state index in [1.54, 1.807) is 0 Å². The van der Waals surface area contributed by atoms with Crippen LogP contribution in [-0.4, -0.2) is 11.7 Å². The molecule has 0 atom stereocenters. The number of carbonyl (C=O) groups excluding carboxylic acids is 1. The Kier molecular flexibility index (Phi) is 22.2. The van der Waals surface area contributed by atoms with Gasteiger partial charge in [0.2, 0.25) is 0 Å². The molecule has 46 valence electrons. The third-order valence-corrected chi connectivity index (χ3v) is 0.387. The number of hydrogen-bond donors (Lipinski definition) is 1. The van der Waals surface area contributed by atoms with Crippen LogP contribution < -0.4 is 17.5 Å². The minimum absolute atomic E-state index is 0. The van der Waals surface area contributed by atoms with Crippen molar-refractivity contribution in [1.82, 2.24) is 0 Å². The van der Waals surface area contributed by atoms with Crippen LogP contribution >= 0.6 is 12.6 Å². The van der Waals surface area contributed by atoms with Crippen LogP contribution in [-0.2, 0) is 25.9 Å². The van der Waals surface area contributed by atoms with Gasteiger partial charge in [-0.05, 0) is 0 Å². The van der Waals surface area contributed by atoms with Gasteiger partial charge in [-0.15, -0.1) is 0 Å². The van der Waals surface area contributed by atoms with E-state index in [-0.39, 0.29) is 39.2 Å². The van der Waals surface area contributed by atoms with Gasteiger partial charge in [0, 0.05) is 5.75 Å². The number of rotatable bonds is 1. The average molecular weight is 322 g/mol. The van der Waals surface area contributed by atoms with Crippen molar-refractivity contribution in [2.75, 3.05) is 5.75 Å². The van der Waals surface area contributed by atoms with Crippen molar-refractivity contribution in [3.63, 3.8) is 0 Å². The number of carboxylic acids is 1. The maximum Gasteiger partial charge on any atom is 2.00 e. The second kappa shape index (κ2) is 9.93. The van der Waals surface area contributed by atoms with E-state index in [0.29, 0.717) is 0 Å². The predicted octanol–water partition coefficient (Wildman–Crippen LogP) is -4.33. The van der Waals surface area contributed by atoms with Gasteiger partial charge in [-0.2, -0.15) is 12.6 Å². The first-order valence-electron chi connectivity index (χ1n) is 1.08. The summed E-state index contributed by atoms with van der Waals surface area (Å²) >= 11 is 3.35. The summed E-state index contributed by atoms with van der Waals surface area (Å²) in [7, 11) is 0. The Morgan fingerprint density at radius 3 is 1.86 bits per heavy atom. The number of hydrogen-bond acceptors (Lipinski definition) is 3. The molecule has 0 aliphatic carbocycles. The molecule has 7 heavy (non-hydrogen) atoms. The summed E-state index contributed by atoms with van der Waals surface area (Å²) in [5.41, 5.74) is 0. The third kappa shape index (κ3) is 20.0. The molecule has 2 nitrogen and oxygen atoms in total. The quantitative estimate of drug-likeness (QED) is 0.496. The van der Waals surface area contributed by atoms with Crippen molar-refractivity contribution < 1.29 is 43.4 Å². The van der Waals surface area contributed by atoms with Gasteiger partial charge in [-0.3, -0.25) is 0 Å². The van der Waals surface area contributed by atoms with Crippen molar-refractivity contribution in [2.45, 2.75) is 0 Å². The second-order valence-electron chi connectivity index (χ2n) is 0.530. The molecule has 0 saturated heterocycles. The Morgan fingerprint density at radius 2 is 1.86 bits per heavy atom. The molecule has 0 rings (SSSR count). The molecule has 0 spiro atoms. The largest absolute Gasteiger partial charge is 2.00 e. The van der Waals surface area contributed by atoms with E-state index >= 15 is 0 Å². The first kappa shape index (κ1) is 15.7. The van der Waals surface area contributed by atoms with Crippen LogP contribution in [0.1, 0.15) is 0 Å². The summed E-state index contributed by atoms with van der Waals surface area (Å²) in [4.78, 5) is 9.18. The summed E-state index contributed by atoms with van der Waals surface area (Å²) in [6.45, 7) is 0. The molecule has 0 amide bonds. The molecule has 0 aromatic heterocycles. The minimum atomic E-state index is -1.13. The van der Waals surface area contributed by atoms with Crippen LogP contribution in [0.25, 0.3) is 0 Å². The summed E-state index contributed by atoms with van der Waals surface area (Å²) < 4.78 is 0.